The second kappa shape index (κ2) is 8.70. The lowest BCUT2D eigenvalue weighted by atomic mass is 9.91. The van der Waals surface area contributed by atoms with Gasteiger partial charge in [-0.2, -0.15) is 0 Å². The predicted octanol–water partition coefficient (Wildman–Crippen LogP) is 2.12. The largest absolute Gasteiger partial charge is 0.457 e. The number of carbonyl (C=O) groups is 3. The van der Waals surface area contributed by atoms with E-state index in [9.17, 15) is 19.5 Å². The molecule has 2 amide bonds. The van der Waals surface area contributed by atoms with E-state index < -0.39 is 6.10 Å². The van der Waals surface area contributed by atoms with Crippen molar-refractivity contribution in [3.05, 3.63) is 45.7 Å². The van der Waals surface area contributed by atoms with Crippen molar-refractivity contribution in [1.29, 1.82) is 0 Å². The summed E-state index contributed by atoms with van der Waals surface area (Å²) in [5.74, 6) is -0.650. The molecule has 9 heteroatoms. The number of likely N-dealkylation sites (tertiary alicyclic amines) is 1. The molecule has 4 heterocycles. The molecule has 1 aromatic rings. The van der Waals surface area contributed by atoms with Gasteiger partial charge in [-0.3, -0.25) is 9.80 Å². The molecule has 0 aliphatic carbocycles. The van der Waals surface area contributed by atoms with Crippen LogP contribution < -0.4 is 0 Å². The number of ether oxygens (including phenoxy) is 2. The van der Waals surface area contributed by atoms with E-state index in [1.165, 1.54) is 0 Å². The van der Waals surface area contributed by atoms with Gasteiger partial charge in [0.2, 0.25) is 0 Å². The number of aliphatic hydroxyl groups is 1. The average Bonchev–Trinajstić information content (AvgIpc) is 3.51. The lowest BCUT2D eigenvalue weighted by molar-refractivity contribution is -0.136. The summed E-state index contributed by atoms with van der Waals surface area (Å²) in [6.45, 7) is 8.86. The van der Waals surface area contributed by atoms with Crippen molar-refractivity contribution in [2.75, 3.05) is 32.8 Å². The van der Waals surface area contributed by atoms with Gasteiger partial charge in [0.25, 0.3) is 0 Å². The lowest BCUT2D eigenvalue weighted by Gasteiger charge is -2.40. The van der Waals surface area contributed by atoms with E-state index in [-0.39, 0.29) is 43.3 Å². The summed E-state index contributed by atoms with van der Waals surface area (Å²) in [5, 5.41) is 11.2. The van der Waals surface area contributed by atoms with E-state index in [0.717, 1.165) is 42.6 Å². The zero-order valence-electron chi connectivity index (χ0n) is 19.9. The molecule has 5 rings (SSSR count). The Hall–Kier alpha value is -2.91. The molecule has 0 radical (unpaired) electrons. The fraction of sp³-hybridized carbons (Fsp3) is 0.560. The third-order valence-corrected chi connectivity index (χ3v) is 7.95. The number of urea groups is 1. The van der Waals surface area contributed by atoms with Gasteiger partial charge in [0.05, 0.1) is 22.9 Å². The molecule has 9 nitrogen and oxygen atoms in total. The number of benzene rings is 1. The Labute approximate surface area is 198 Å². The number of amides is 2. The highest BCUT2D eigenvalue weighted by atomic mass is 16.5. The summed E-state index contributed by atoms with van der Waals surface area (Å²) >= 11 is 0. The van der Waals surface area contributed by atoms with Crippen LogP contribution in [0.3, 0.4) is 0 Å². The number of cyclic esters (lactones) is 2. The van der Waals surface area contributed by atoms with Gasteiger partial charge < -0.3 is 19.5 Å². The van der Waals surface area contributed by atoms with Gasteiger partial charge in [-0.05, 0) is 50.8 Å². The van der Waals surface area contributed by atoms with Crippen LogP contribution in [0.25, 0.3) is 0 Å². The first-order valence-electron chi connectivity index (χ1n) is 11.9. The van der Waals surface area contributed by atoms with Crippen molar-refractivity contribution < 1.29 is 29.0 Å². The SMILES string of the molecule is CC1=C(N2CCN(C3CCN([C@@H](C)[C@@H](O)c4ccc5c(c4C)COC5=O)CC3)C2=O)COC1=O. The van der Waals surface area contributed by atoms with E-state index >= 15 is 0 Å². The molecule has 4 aliphatic heterocycles. The van der Waals surface area contributed by atoms with E-state index in [2.05, 4.69) is 4.90 Å². The standard InChI is InChI=1S/C25H31N3O6/c1-14-18(4-5-19-20(14)12-33-24(19)31)22(29)16(3)26-8-6-17(7-9-26)27-10-11-28(25(27)32)21-13-34-23(30)15(21)2/h4-5,16-17,22,29H,6-13H2,1-3H3/t16-,22+/m0/s1. The van der Waals surface area contributed by atoms with Gasteiger partial charge in [0.15, 0.2) is 0 Å². The molecular weight excluding hydrogens is 438 g/mol. The molecule has 0 bridgehead atoms. The van der Waals surface area contributed by atoms with Gasteiger partial charge in [0, 0.05) is 43.8 Å². The summed E-state index contributed by atoms with van der Waals surface area (Å²) < 4.78 is 10.2. The fourth-order valence-electron chi connectivity index (χ4n) is 5.64. The maximum absolute atomic E-state index is 13.1. The summed E-state index contributed by atoms with van der Waals surface area (Å²) in [5.41, 5.74) is 4.40. The Morgan fingerprint density at radius 2 is 1.68 bits per heavy atom. The second-order valence-electron chi connectivity index (χ2n) is 9.61. The summed E-state index contributed by atoms with van der Waals surface area (Å²) in [6.07, 6.45) is 0.974. The van der Waals surface area contributed by atoms with Crippen LogP contribution in [0.2, 0.25) is 0 Å². The zero-order valence-corrected chi connectivity index (χ0v) is 19.9. The molecule has 34 heavy (non-hydrogen) atoms. The highest BCUT2D eigenvalue weighted by Crippen LogP contribution is 2.33. The highest BCUT2D eigenvalue weighted by Gasteiger charge is 2.40. The Balaban J connectivity index is 1.21. The number of carbonyl (C=O) groups excluding carboxylic acids is 3. The number of piperidine rings is 1. The summed E-state index contributed by atoms with van der Waals surface area (Å²) in [6, 6.07) is 3.57. The van der Waals surface area contributed by atoms with Gasteiger partial charge in [0.1, 0.15) is 13.2 Å². The Bertz CT molecular complexity index is 1070. The van der Waals surface area contributed by atoms with Crippen molar-refractivity contribution in [1.82, 2.24) is 14.7 Å². The Morgan fingerprint density at radius 3 is 2.35 bits per heavy atom. The second-order valence-corrected chi connectivity index (χ2v) is 9.61. The quantitative estimate of drug-likeness (QED) is 0.660. The van der Waals surface area contributed by atoms with Gasteiger partial charge >= 0.3 is 18.0 Å². The van der Waals surface area contributed by atoms with E-state index in [0.29, 0.717) is 29.9 Å². The predicted molar refractivity (Wildman–Crippen MR) is 122 cm³/mol. The summed E-state index contributed by atoms with van der Waals surface area (Å²) in [4.78, 5) is 42.5. The number of esters is 2. The number of hydrogen-bond acceptors (Lipinski definition) is 7. The minimum absolute atomic E-state index is 0.0512. The molecule has 4 aliphatic rings. The van der Waals surface area contributed by atoms with Crippen molar-refractivity contribution in [3.8, 4) is 0 Å². The van der Waals surface area contributed by atoms with Crippen LogP contribution in [0.15, 0.2) is 23.4 Å². The van der Waals surface area contributed by atoms with Crippen molar-refractivity contribution in [2.45, 2.75) is 58.4 Å². The molecule has 0 saturated carbocycles. The molecule has 1 N–H and O–H groups in total. The maximum Gasteiger partial charge on any atom is 0.338 e. The van der Waals surface area contributed by atoms with Crippen LogP contribution >= 0.6 is 0 Å². The van der Waals surface area contributed by atoms with Crippen LogP contribution in [0.1, 0.15) is 59.8 Å². The molecule has 182 valence electrons. The number of fused-ring (bicyclic) bond motifs is 1. The first-order chi connectivity index (χ1) is 16.3. The lowest BCUT2D eigenvalue weighted by Crippen LogP contribution is -2.49. The minimum atomic E-state index is -0.684. The molecule has 1 aromatic carbocycles. The molecular formula is C25H31N3O6. The topological polar surface area (TPSA) is 99.6 Å². The van der Waals surface area contributed by atoms with Gasteiger partial charge in [-0.25, -0.2) is 14.4 Å². The van der Waals surface area contributed by atoms with Crippen LogP contribution in [0.4, 0.5) is 4.79 Å². The molecule has 0 aromatic heterocycles. The van der Waals surface area contributed by atoms with Crippen LogP contribution in [-0.4, -0.2) is 82.6 Å². The highest BCUT2D eigenvalue weighted by molar-refractivity contribution is 5.94. The third kappa shape index (κ3) is 3.67. The molecule has 2 fully saturated rings. The Morgan fingerprint density at radius 1 is 0.971 bits per heavy atom. The molecule has 0 spiro atoms. The monoisotopic (exact) mass is 469 g/mol. The molecule has 2 atom stereocenters. The van der Waals surface area contributed by atoms with E-state index in [1.54, 1.807) is 17.9 Å². The fourth-order valence-corrected chi connectivity index (χ4v) is 5.64. The molecule has 2 saturated heterocycles. The average molecular weight is 470 g/mol. The van der Waals surface area contributed by atoms with Crippen LogP contribution in [0, 0.1) is 6.92 Å². The van der Waals surface area contributed by atoms with Gasteiger partial charge in [-0.1, -0.05) is 6.07 Å². The number of aliphatic hydroxyl groups excluding tert-OH is 1. The van der Waals surface area contributed by atoms with Crippen molar-refractivity contribution in [3.63, 3.8) is 0 Å². The van der Waals surface area contributed by atoms with E-state index in [1.807, 2.05) is 24.8 Å². The van der Waals surface area contributed by atoms with Crippen LogP contribution in [-0.2, 0) is 20.9 Å². The van der Waals surface area contributed by atoms with Gasteiger partial charge in [-0.15, -0.1) is 0 Å². The first kappa shape index (κ1) is 22.9. The maximum atomic E-state index is 13.1. The normalized spacial score (nSPS) is 23.5. The minimum Gasteiger partial charge on any atom is -0.457 e. The number of hydrogen-bond donors (Lipinski definition) is 1. The van der Waals surface area contributed by atoms with E-state index in [4.69, 9.17) is 9.47 Å². The summed E-state index contributed by atoms with van der Waals surface area (Å²) in [7, 11) is 0. The van der Waals surface area contributed by atoms with Crippen molar-refractivity contribution in [2.24, 2.45) is 0 Å². The third-order valence-electron chi connectivity index (χ3n) is 7.95. The Kier molecular flexibility index (Phi) is 5.85. The molecule has 0 unspecified atom stereocenters. The number of nitrogens with zero attached hydrogens (tertiary/aromatic N) is 3. The number of rotatable bonds is 5. The van der Waals surface area contributed by atoms with Crippen LogP contribution in [0.5, 0.6) is 0 Å². The van der Waals surface area contributed by atoms with Crippen molar-refractivity contribution >= 4 is 18.0 Å². The first-order valence-corrected chi connectivity index (χ1v) is 11.9. The smallest absolute Gasteiger partial charge is 0.338 e. The zero-order chi connectivity index (χ0) is 24.1.